The standard InChI is InChI=1S/C15H15Cl2NO/c1-10-6-11(8-18)2-3-12(10)9-19-15-5-4-13(16)7-14(15)17/h2-7H,8-9,18H2,1H3. The molecule has 0 unspecified atom stereocenters. The van der Waals surface area contributed by atoms with Crippen molar-refractivity contribution in [1.82, 2.24) is 0 Å². The van der Waals surface area contributed by atoms with Gasteiger partial charge in [-0.1, -0.05) is 41.4 Å². The van der Waals surface area contributed by atoms with Gasteiger partial charge in [0.2, 0.25) is 0 Å². The molecule has 2 N–H and O–H groups in total. The lowest BCUT2D eigenvalue weighted by Gasteiger charge is -2.11. The molecule has 0 aliphatic heterocycles. The Bertz CT molecular complexity index is 584. The van der Waals surface area contributed by atoms with Crippen LogP contribution in [-0.2, 0) is 13.2 Å². The molecule has 0 atom stereocenters. The van der Waals surface area contributed by atoms with Crippen LogP contribution in [0.15, 0.2) is 36.4 Å². The van der Waals surface area contributed by atoms with E-state index in [2.05, 4.69) is 6.07 Å². The van der Waals surface area contributed by atoms with Crippen LogP contribution in [0, 0.1) is 6.92 Å². The molecule has 0 aromatic heterocycles. The third-order valence-corrected chi connectivity index (χ3v) is 3.45. The van der Waals surface area contributed by atoms with Gasteiger partial charge in [-0.05, 0) is 41.8 Å². The van der Waals surface area contributed by atoms with Crippen molar-refractivity contribution in [1.29, 1.82) is 0 Å². The van der Waals surface area contributed by atoms with Gasteiger partial charge in [-0.2, -0.15) is 0 Å². The summed E-state index contributed by atoms with van der Waals surface area (Å²) < 4.78 is 5.71. The molecular formula is C15H15Cl2NO. The fourth-order valence-corrected chi connectivity index (χ4v) is 2.26. The lowest BCUT2D eigenvalue weighted by atomic mass is 10.1. The molecule has 0 heterocycles. The lowest BCUT2D eigenvalue weighted by molar-refractivity contribution is 0.305. The average Bonchev–Trinajstić information content (AvgIpc) is 2.39. The maximum absolute atomic E-state index is 6.06. The molecule has 0 fully saturated rings. The van der Waals surface area contributed by atoms with Crippen LogP contribution in [0.3, 0.4) is 0 Å². The molecule has 2 nitrogen and oxygen atoms in total. The Morgan fingerprint density at radius 2 is 1.89 bits per heavy atom. The van der Waals surface area contributed by atoms with Gasteiger partial charge >= 0.3 is 0 Å². The van der Waals surface area contributed by atoms with Crippen molar-refractivity contribution in [3.8, 4) is 5.75 Å². The molecule has 100 valence electrons. The molecule has 0 aliphatic carbocycles. The zero-order chi connectivity index (χ0) is 13.8. The summed E-state index contributed by atoms with van der Waals surface area (Å²) >= 11 is 11.9. The van der Waals surface area contributed by atoms with E-state index in [1.165, 1.54) is 0 Å². The molecule has 2 rings (SSSR count). The van der Waals surface area contributed by atoms with Gasteiger partial charge in [0.25, 0.3) is 0 Å². The van der Waals surface area contributed by atoms with Gasteiger partial charge in [-0.25, -0.2) is 0 Å². The molecule has 0 amide bonds. The third kappa shape index (κ3) is 3.63. The largest absolute Gasteiger partial charge is 0.487 e. The van der Waals surface area contributed by atoms with Crippen molar-refractivity contribution < 1.29 is 4.74 Å². The van der Waals surface area contributed by atoms with Crippen LogP contribution >= 0.6 is 23.2 Å². The van der Waals surface area contributed by atoms with Crippen molar-refractivity contribution in [3.63, 3.8) is 0 Å². The molecule has 0 aliphatic rings. The van der Waals surface area contributed by atoms with E-state index >= 15 is 0 Å². The van der Waals surface area contributed by atoms with E-state index in [1.807, 2.05) is 19.1 Å². The summed E-state index contributed by atoms with van der Waals surface area (Å²) in [6, 6.07) is 11.3. The minimum atomic E-state index is 0.470. The van der Waals surface area contributed by atoms with Crippen LogP contribution in [0.25, 0.3) is 0 Å². The zero-order valence-electron chi connectivity index (χ0n) is 10.6. The van der Waals surface area contributed by atoms with E-state index in [9.17, 15) is 0 Å². The Balaban J connectivity index is 2.10. The quantitative estimate of drug-likeness (QED) is 0.911. The molecule has 0 saturated heterocycles. The summed E-state index contributed by atoms with van der Waals surface area (Å²) in [5.41, 5.74) is 9.00. The van der Waals surface area contributed by atoms with Crippen LogP contribution in [0.1, 0.15) is 16.7 Å². The molecule has 0 saturated carbocycles. The molecule has 0 spiro atoms. The first-order valence-electron chi connectivity index (χ1n) is 5.96. The van der Waals surface area contributed by atoms with Crippen LogP contribution < -0.4 is 10.5 Å². The summed E-state index contributed by atoms with van der Waals surface area (Å²) in [4.78, 5) is 0. The van der Waals surface area contributed by atoms with Crippen molar-refractivity contribution in [2.75, 3.05) is 0 Å². The number of aryl methyl sites for hydroxylation is 1. The van der Waals surface area contributed by atoms with Crippen molar-refractivity contribution in [2.24, 2.45) is 5.73 Å². The fourth-order valence-electron chi connectivity index (χ4n) is 1.79. The van der Waals surface area contributed by atoms with Gasteiger partial charge in [0.05, 0.1) is 5.02 Å². The van der Waals surface area contributed by atoms with Gasteiger partial charge < -0.3 is 10.5 Å². The van der Waals surface area contributed by atoms with Crippen molar-refractivity contribution in [3.05, 3.63) is 63.1 Å². The van der Waals surface area contributed by atoms with Gasteiger partial charge in [-0.15, -0.1) is 0 Å². The lowest BCUT2D eigenvalue weighted by Crippen LogP contribution is -2.01. The van der Waals surface area contributed by atoms with Crippen molar-refractivity contribution >= 4 is 23.2 Å². The molecule has 2 aromatic carbocycles. The first-order valence-corrected chi connectivity index (χ1v) is 6.72. The normalized spacial score (nSPS) is 10.5. The Labute approximate surface area is 123 Å². The number of benzene rings is 2. The maximum atomic E-state index is 6.06. The smallest absolute Gasteiger partial charge is 0.138 e. The molecule has 0 bridgehead atoms. The molecule has 19 heavy (non-hydrogen) atoms. The van der Waals surface area contributed by atoms with E-state index in [0.29, 0.717) is 28.9 Å². The highest BCUT2D eigenvalue weighted by Crippen LogP contribution is 2.28. The number of hydrogen-bond acceptors (Lipinski definition) is 2. The zero-order valence-corrected chi connectivity index (χ0v) is 12.1. The van der Waals surface area contributed by atoms with E-state index in [4.69, 9.17) is 33.7 Å². The highest BCUT2D eigenvalue weighted by Gasteiger charge is 2.05. The number of ether oxygens (including phenoxy) is 1. The first-order chi connectivity index (χ1) is 9.10. The predicted octanol–water partition coefficient (Wildman–Crippen LogP) is 4.34. The Morgan fingerprint density at radius 1 is 1.11 bits per heavy atom. The highest BCUT2D eigenvalue weighted by molar-refractivity contribution is 6.35. The molecule has 4 heteroatoms. The minimum absolute atomic E-state index is 0.470. The second kappa shape index (κ2) is 6.29. The van der Waals surface area contributed by atoms with E-state index in [0.717, 1.165) is 16.7 Å². The first kappa shape index (κ1) is 14.2. The molecule has 0 radical (unpaired) electrons. The summed E-state index contributed by atoms with van der Waals surface area (Å²) in [5, 5.41) is 1.12. The average molecular weight is 296 g/mol. The Hall–Kier alpha value is -1.22. The number of nitrogens with two attached hydrogens (primary N) is 1. The topological polar surface area (TPSA) is 35.2 Å². The van der Waals surface area contributed by atoms with Crippen LogP contribution in [0.5, 0.6) is 5.75 Å². The van der Waals surface area contributed by atoms with E-state index in [1.54, 1.807) is 18.2 Å². The summed E-state index contributed by atoms with van der Waals surface area (Å²) in [5.74, 6) is 0.633. The highest BCUT2D eigenvalue weighted by atomic mass is 35.5. The Morgan fingerprint density at radius 3 is 2.53 bits per heavy atom. The predicted molar refractivity (Wildman–Crippen MR) is 79.9 cm³/mol. The van der Waals surface area contributed by atoms with Crippen LogP contribution in [0.2, 0.25) is 10.0 Å². The van der Waals surface area contributed by atoms with Gasteiger partial charge in [-0.3, -0.25) is 0 Å². The summed E-state index contributed by atoms with van der Waals surface area (Å²) in [6.07, 6.45) is 0. The number of hydrogen-bond donors (Lipinski definition) is 1. The fraction of sp³-hybridized carbons (Fsp3) is 0.200. The maximum Gasteiger partial charge on any atom is 0.138 e. The summed E-state index contributed by atoms with van der Waals surface area (Å²) in [7, 11) is 0. The molecule has 2 aromatic rings. The van der Waals surface area contributed by atoms with Crippen molar-refractivity contribution in [2.45, 2.75) is 20.1 Å². The summed E-state index contributed by atoms with van der Waals surface area (Å²) in [6.45, 7) is 3.06. The second-order valence-corrected chi connectivity index (χ2v) is 5.17. The second-order valence-electron chi connectivity index (χ2n) is 4.33. The number of halogens is 2. The third-order valence-electron chi connectivity index (χ3n) is 2.92. The molecular weight excluding hydrogens is 281 g/mol. The van der Waals surface area contributed by atoms with E-state index < -0.39 is 0 Å². The minimum Gasteiger partial charge on any atom is -0.487 e. The van der Waals surface area contributed by atoms with Crippen LogP contribution in [-0.4, -0.2) is 0 Å². The number of rotatable bonds is 4. The SMILES string of the molecule is Cc1cc(CN)ccc1COc1ccc(Cl)cc1Cl. The van der Waals surface area contributed by atoms with Crippen LogP contribution in [0.4, 0.5) is 0 Å². The monoisotopic (exact) mass is 295 g/mol. The van der Waals surface area contributed by atoms with E-state index in [-0.39, 0.29) is 0 Å². The van der Waals surface area contributed by atoms with Gasteiger partial charge in [0, 0.05) is 11.6 Å². The van der Waals surface area contributed by atoms with Gasteiger partial charge in [0.1, 0.15) is 12.4 Å². The van der Waals surface area contributed by atoms with Gasteiger partial charge in [0.15, 0.2) is 0 Å². The Kier molecular flexibility index (Phi) is 4.70.